The molecule has 8 nitrogen and oxygen atoms in total. The van der Waals surface area contributed by atoms with Crippen LogP contribution in [0.25, 0.3) is 0 Å². The molecule has 0 rings (SSSR count). The zero-order valence-electron chi connectivity index (χ0n) is 40.4. The molecule has 9 heteroatoms. The number of ether oxygens (including phenoxy) is 2. The van der Waals surface area contributed by atoms with Crippen molar-refractivity contribution < 1.29 is 37.3 Å². The van der Waals surface area contributed by atoms with Crippen LogP contribution in [0.5, 0.6) is 0 Å². The van der Waals surface area contributed by atoms with E-state index in [4.69, 9.17) is 18.5 Å². The number of carbonyl (C=O) groups excluding carboxylic acids is 1. The lowest BCUT2D eigenvalue weighted by Gasteiger charge is -2.28. The van der Waals surface area contributed by atoms with E-state index in [1.54, 1.807) is 0 Å². The summed E-state index contributed by atoms with van der Waals surface area (Å²) in [5.74, 6) is -0.346. The van der Waals surface area contributed by atoms with Crippen molar-refractivity contribution in [1.82, 2.24) is 0 Å². The fraction of sp³-hybridized carbons (Fsp3) is 0.788. The molecule has 0 N–H and O–H groups in total. The highest BCUT2D eigenvalue weighted by atomic mass is 31.2. The Balaban J connectivity index is 4.17. The zero-order valence-corrected chi connectivity index (χ0v) is 41.2. The van der Waals surface area contributed by atoms with Crippen LogP contribution in [0.4, 0.5) is 0 Å². The third-order valence-electron chi connectivity index (χ3n) is 10.6. The van der Waals surface area contributed by atoms with Gasteiger partial charge in [0.15, 0.2) is 0 Å². The molecule has 0 amide bonds. The Bertz CT molecular complexity index is 1160. The standard InChI is InChI=1S/C52H96NO7P/c1-6-8-10-12-14-16-18-20-22-24-25-26-27-28-29-30-31-33-35-37-39-41-43-45-52(54)60-51(50-59-61(55,56)58-48-46-53(3,4)5)49-57-47-44-42-40-38-36-34-32-23-21-19-17-15-13-11-9-7-2/h9,11,15,17,21,23-25,34,36,51H,6-8,10,12-14,16,18-20,22,26-33,35,37-50H2,1-5H3/b11-9-,17-15-,23-21-,25-24-,36-34-. The smallest absolute Gasteiger partial charge is 0.306 e. The molecule has 0 bridgehead atoms. The fourth-order valence-corrected chi connectivity index (χ4v) is 7.44. The number of rotatable bonds is 46. The number of carbonyl (C=O) groups is 1. The van der Waals surface area contributed by atoms with Gasteiger partial charge in [-0.15, -0.1) is 0 Å². The number of quaternary nitrogens is 1. The Morgan fingerprint density at radius 1 is 0.525 bits per heavy atom. The molecule has 0 aromatic carbocycles. The first-order valence-corrected chi connectivity index (χ1v) is 26.5. The van der Waals surface area contributed by atoms with Crippen molar-refractivity contribution in [2.45, 2.75) is 213 Å². The van der Waals surface area contributed by atoms with E-state index in [9.17, 15) is 14.3 Å². The maximum Gasteiger partial charge on any atom is 0.306 e. The Morgan fingerprint density at radius 3 is 1.44 bits per heavy atom. The third-order valence-corrected chi connectivity index (χ3v) is 11.5. The number of nitrogens with zero attached hydrogens (tertiary/aromatic N) is 1. The Labute approximate surface area is 377 Å². The molecule has 0 saturated heterocycles. The van der Waals surface area contributed by atoms with Gasteiger partial charge in [-0.2, -0.15) is 0 Å². The van der Waals surface area contributed by atoms with E-state index in [0.29, 0.717) is 24.1 Å². The van der Waals surface area contributed by atoms with E-state index >= 15 is 0 Å². The summed E-state index contributed by atoms with van der Waals surface area (Å²) < 4.78 is 34.7. The summed E-state index contributed by atoms with van der Waals surface area (Å²) in [6, 6.07) is 0. The Hall–Kier alpha value is -1.80. The molecule has 0 aromatic rings. The minimum Gasteiger partial charge on any atom is -0.756 e. The number of esters is 1. The molecule has 0 spiro atoms. The summed E-state index contributed by atoms with van der Waals surface area (Å²) in [6.45, 7) is 5.23. The van der Waals surface area contributed by atoms with Crippen molar-refractivity contribution in [3.05, 3.63) is 60.8 Å². The van der Waals surface area contributed by atoms with Crippen LogP contribution < -0.4 is 4.89 Å². The lowest BCUT2D eigenvalue weighted by atomic mass is 10.0. The van der Waals surface area contributed by atoms with Crippen LogP contribution in [0.2, 0.25) is 0 Å². The van der Waals surface area contributed by atoms with Crippen molar-refractivity contribution in [3.63, 3.8) is 0 Å². The topological polar surface area (TPSA) is 94.1 Å². The summed E-state index contributed by atoms with van der Waals surface area (Å²) in [6.07, 6.45) is 56.8. The number of phosphoric ester groups is 1. The second kappa shape index (κ2) is 44.8. The predicted octanol–water partition coefficient (Wildman–Crippen LogP) is 14.6. The van der Waals surface area contributed by atoms with Gasteiger partial charge >= 0.3 is 5.97 Å². The highest BCUT2D eigenvalue weighted by Gasteiger charge is 2.20. The van der Waals surface area contributed by atoms with Crippen molar-refractivity contribution in [1.29, 1.82) is 0 Å². The summed E-state index contributed by atoms with van der Waals surface area (Å²) in [5.41, 5.74) is 0. The van der Waals surface area contributed by atoms with E-state index in [1.165, 1.54) is 116 Å². The zero-order chi connectivity index (χ0) is 44.8. The molecule has 2 atom stereocenters. The Morgan fingerprint density at radius 2 is 0.951 bits per heavy atom. The van der Waals surface area contributed by atoms with Gasteiger partial charge in [-0.05, 0) is 77.0 Å². The molecule has 0 fully saturated rings. The third kappa shape index (κ3) is 49.1. The van der Waals surface area contributed by atoms with Crippen LogP contribution in [0.15, 0.2) is 60.8 Å². The summed E-state index contributed by atoms with van der Waals surface area (Å²) >= 11 is 0. The van der Waals surface area contributed by atoms with E-state index in [0.717, 1.165) is 70.6 Å². The molecule has 356 valence electrons. The normalized spacial score (nSPS) is 14.1. The van der Waals surface area contributed by atoms with E-state index < -0.39 is 13.9 Å². The monoisotopic (exact) mass is 878 g/mol. The van der Waals surface area contributed by atoms with E-state index in [1.807, 2.05) is 21.1 Å². The van der Waals surface area contributed by atoms with Crippen LogP contribution in [0, 0.1) is 0 Å². The molecule has 0 radical (unpaired) electrons. The number of hydrogen-bond acceptors (Lipinski definition) is 7. The molecule has 61 heavy (non-hydrogen) atoms. The Kier molecular flexibility index (Phi) is 43.5. The molecule has 2 unspecified atom stereocenters. The van der Waals surface area contributed by atoms with Crippen molar-refractivity contribution in [2.75, 3.05) is 54.1 Å². The number of allylic oxidation sites excluding steroid dienone is 10. The maximum absolute atomic E-state index is 12.7. The van der Waals surface area contributed by atoms with Gasteiger partial charge in [0.2, 0.25) is 0 Å². The first-order valence-electron chi connectivity index (χ1n) is 25.0. The van der Waals surface area contributed by atoms with Gasteiger partial charge in [-0.3, -0.25) is 9.36 Å². The summed E-state index contributed by atoms with van der Waals surface area (Å²) in [5, 5.41) is 0. The van der Waals surface area contributed by atoms with E-state index in [2.05, 4.69) is 74.6 Å². The van der Waals surface area contributed by atoms with Gasteiger partial charge < -0.3 is 27.9 Å². The summed E-state index contributed by atoms with van der Waals surface area (Å²) in [7, 11) is 1.33. The highest BCUT2D eigenvalue weighted by Crippen LogP contribution is 2.38. The van der Waals surface area contributed by atoms with E-state index in [-0.39, 0.29) is 25.8 Å². The predicted molar refractivity (Wildman–Crippen MR) is 259 cm³/mol. The lowest BCUT2D eigenvalue weighted by Crippen LogP contribution is -2.37. The lowest BCUT2D eigenvalue weighted by molar-refractivity contribution is -0.870. The van der Waals surface area contributed by atoms with Crippen LogP contribution >= 0.6 is 7.82 Å². The minimum atomic E-state index is -4.54. The average molecular weight is 878 g/mol. The second-order valence-electron chi connectivity index (χ2n) is 17.8. The maximum atomic E-state index is 12.7. The second-order valence-corrected chi connectivity index (χ2v) is 19.2. The fourth-order valence-electron chi connectivity index (χ4n) is 6.71. The van der Waals surface area contributed by atoms with Gasteiger partial charge in [0, 0.05) is 13.0 Å². The molecule has 0 aliphatic heterocycles. The van der Waals surface area contributed by atoms with Gasteiger partial charge in [0.25, 0.3) is 7.82 Å². The highest BCUT2D eigenvalue weighted by molar-refractivity contribution is 7.45. The van der Waals surface area contributed by atoms with Gasteiger partial charge in [0.1, 0.15) is 19.3 Å². The number of phosphoric acid groups is 1. The van der Waals surface area contributed by atoms with Gasteiger partial charge in [-0.25, -0.2) is 0 Å². The molecule has 0 aromatic heterocycles. The van der Waals surface area contributed by atoms with Gasteiger partial charge in [0.05, 0.1) is 34.4 Å². The number of hydrogen-bond donors (Lipinski definition) is 0. The molecule has 0 aliphatic rings. The molecular weight excluding hydrogens is 782 g/mol. The minimum absolute atomic E-state index is 0.0175. The average Bonchev–Trinajstić information content (AvgIpc) is 3.22. The van der Waals surface area contributed by atoms with Crippen LogP contribution in [0.3, 0.4) is 0 Å². The molecule has 0 aliphatic carbocycles. The SMILES string of the molecule is CC/C=C\C/C=C\C/C=C\C/C=C\CCCCCOCC(COP(=O)([O-])OCC[N+](C)(C)C)OC(=O)CCCCCCCCCCCCC/C=C\CCCCCCCCCC. The first-order chi connectivity index (χ1) is 29.6. The molecule has 0 saturated carbocycles. The largest absolute Gasteiger partial charge is 0.756 e. The van der Waals surface area contributed by atoms with Crippen LogP contribution in [-0.4, -0.2) is 70.7 Å². The van der Waals surface area contributed by atoms with Crippen molar-refractivity contribution in [3.8, 4) is 0 Å². The number of unbranched alkanes of at least 4 members (excludes halogenated alkanes) is 22. The van der Waals surface area contributed by atoms with Crippen LogP contribution in [-0.2, 0) is 27.9 Å². The van der Waals surface area contributed by atoms with Gasteiger partial charge in [-0.1, -0.05) is 184 Å². The van der Waals surface area contributed by atoms with Crippen molar-refractivity contribution >= 4 is 13.8 Å². The van der Waals surface area contributed by atoms with Crippen LogP contribution in [0.1, 0.15) is 206 Å². The molecular formula is C52H96NO7P. The summed E-state index contributed by atoms with van der Waals surface area (Å²) in [4.78, 5) is 25.1. The molecule has 0 heterocycles. The first kappa shape index (κ1) is 59.2. The number of likely N-dealkylation sites (N-methyl/N-ethyl adjacent to an activating group) is 1. The quantitative estimate of drug-likeness (QED) is 0.0198. The van der Waals surface area contributed by atoms with Crippen molar-refractivity contribution in [2.24, 2.45) is 0 Å².